The molecule has 1 aromatic carbocycles. The van der Waals surface area contributed by atoms with Gasteiger partial charge in [-0.15, -0.1) is 0 Å². The van der Waals surface area contributed by atoms with Crippen LogP contribution in [0.4, 0.5) is 5.69 Å². The fourth-order valence-corrected chi connectivity index (χ4v) is 2.79. The summed E-state index contributed by atoms with van der Waals surface area (Å²) in [5.74, 6) is 0. The van der Waals surface area contributed by atoms with Crippen molar-refractivity contribution in [1.82, 2.24) is 5.32 Å². The number of ether oxygens (including phenoxy) is 1. The Hall–Kier alpha value is -0.770. The molecule has 1 saturated heterocycles. The third-order valence-electron chi connectivity index (χ3n) is 3.65. The first-order chi connectivity index (χ1) is 9.27. The van der Waals surface area contributed by atoms with Crippen LogP contribution in [0.5, 0.6) is 0 Å². The van der Waals surface area contributed by atoms with Gasteiger partial charge >= 0.3 is 0 Å². The van der Waals surface area contributed by atoms with Crippen molar-refractivity contribution in [1.29, 1.82) is 0 Å². The van der Waals surface area contributed by atoms with Gasteiger partial charge in [-0.3, -0.25) is 0 Å². The SMILES string of the molecule is CCNCc1c(Cl)cccc1N1CCOCC1CC. The summed E-state index contributed by atoms with van der Waals surface area (Å²) in [5.41, 5.74) is 2.45. The molecule has 0 amide bonds. The first-order valence-corrected chi connectivity index (χ1v) is 7.48. The number of nitrogens with one attached hydrogen (secondary N) is 1. The second-order valence-electron chi connectivity index (χ2n) is 4.85. The summed E-state index contributed by atoms with van der Waals surface area (Å²) in [7, 11) is 0. The van der Waals surface area contributed by atoms with Gasteiger partial charge in [0.05, 0.1) is 19.3 Å². The van der Waals surface area contributed by atoms with Crippen molar-refractivity contribution in [3.05, 3.63) is 28.8 Å². The summed E-state index contributed by atoms with van der Waals surface area (Å²) < 4.78 is 5.59. The van der Waals surface area contributed by atoms with E-state index in [1.54, 1.807) is 0 Å². The van der Waals surface area contributed by atoms with Gasteiger partial charge in [0.25, 0.3) is 0 Å². The van der Waals surface area contributed by atoms with Gasteiger partial charge in [0.15, 0.2) is 0 Å². The molecule has 0 saturated carbocycles. The van der Waals surface area contributed by atoms with Crippen molar-refractivity contribution in [3.8, 4) is 0 Å². The summed E-state index contributed by atoms with van der Waals surface area (Å²) in [6, 6.07) is 6.63. The van der Waals surface area contributed by atoms with Crippen LogP contribution in [0.2, 0.25) is 5.02 Å². The van der Waals surface area contributed by atoms with Crippen molar-refractivity contribution >= 4 is 17.3 Å². The zero-order valence-electron chi connectivity index (χ0n) is 11.8. The van der Waals surface area contributed by atoms with E-state index in [4.69, 9.17) is 16.3 Å². The predicted octanol–water partition coefficient (Wildman–Crippen LogP) is 3.06. The zero-order valence-corrected chi connectivity index (χ0v) is 12.5. The van der Waals surface area contributed by atoms with E-state index < -0.39 is 0 Å². The lowest BCUT2D eigenvalue weighted by Crippen LogP contribution is -2.45. The molecule has 1 heterocycles. The van der Waals surface area contributed by atoms with Crippen molar-refractivity contribution in [2.75, 3.05) is 31.2 Å². The Morgan fingerprint density at radius 2 is 2.26 bits per heavy atom. The highest BCUT2D eigenvalue weighted by atomic mass is 35.5. The minimum atomic E-state index is 0.451. The van der Waals surface area contributed by atoms with Crippen molar-refractivity contribution in [3.63, 3.8) is 0 Å². The third kappa shape index (κ3) is 3.41. The van der Waals surface area contributed by atoms with Gasteiger partial charge < -0.3 is 15.0 Å². The summed E-state index contributed by atoms with van der Waals surface area (Å²) in [4.78, 5) is 2.45. The maximum absolute atomic E-state index is 6.38. The standard InChI is InChI=1S/C15H23ClN2O/c1-3-12-11-19-9-8-18(12)15-7-5-6-14(16)13(15)10-17-4-2/h5-7,12,17H,3-4,8-11H2,1-2H3. The first kappa shape index (κ1) is 14.6. The molecule has 0 aromatic heterocycles. The molecule has 0 spiro atoms. The number of nitrogens with zero attached hydrogens (tertiary/aromatic N) is 1. The number of hydrogen-bond acceptors (Lipinski definition) is 3. The maximum Gasteiger partial charge on any atom is 0.0670 e. The van der Waals surface area contributed by atoms with Crippen molar-refractivity contribution in [2.45, 2.75) is 32.9 Å². The molecule has 1 atom stereocenters. The fraction of sp³-hybridized carbons (Fsp3) is 0.600. The largest absolute Gasteiger partial charge is 0.377 e. The van der Waals surface area contributed by atoms with E-state index in [1.165, 1.54) is 11.3 Å². The van der Waals surface area contributed by atoms with E-state index in [1.807, 2.05) is 12.1 Å². The Balaban J connectivity index is 2.28. The van der Waals surface area contributed by atoms with Crippen LogP contribution in [0, 0.1) is 0 Å². The average molecular weight is 283 g/mol. The first-order valence-electron chi connectivity index (χ1n) is 7.10. The van der Waals surface area contributed by atoms with Gasteiger partial charge in [0.1, 0.15) is 0 Å². The van der Waals surface area contributed by atoms with Crippen LogP contribution in [0.3, 0.4) is 0 Å². The third-order valence-corrected chi connectivity index (χ3v) is 4.01. The fourth-order valence-electron chi connectivity index (χ4n) is 2.55. The molecule has 19 heavy (non-hydrogen) atoms. The van der Waals surface area contributed by atoms with Crippen LogP contribution in [-0.2, 0) is 11.3 Å². The summed E-state index contributed by atoms with van der Waals surface area (Å²) >= 11 is 6.38. The second-order valence-corrected chi connectivity index (χ2v) is 5.26. The molecule has 1 aromatic rings. The number of hydrogen-bond donors (Lipinski definition) is 1. The molecule has 0 aliphatic carbocycles. The predicted molar refractivity (Wildman–Crippen MR) is 81.1 cm³/mol. The van der Waals surface area contributed by atoms with Crippen LogP contribution in [0.1, 0.15) is 25.8 Å². The molecular formula is C15H23ClN2O. The van der Waals surface area contributed by atoms with Gasteiger partial charge in [-0.05, 0) is 25.1 Å². The van der Waals surface area contributed by atoms with E-state index in [-0.39, 0.29) is 0 Å². The summed E-state index contributed by atoms with van der Waals surface area (Å²) in [6.45, 7) is 8.64. The number of morpholine rings is 1. The molecule has 1 N–H and O–H groups in total. The smallest absolute Gasteiger partial charge is 0.0670 e. The molecule has 1 aliphatic heterocycles. The minimum Gasteiger partial charge on any atom is -0.377 e. The van der Waals surface area contributed by atoms with E-state index >= 15 is 0 Å². The number of halogens is 1. The molecule has 0 bridgehead atoms. The van der Waals surface area contributed by atoms with Crippen LogP contribution in [0.15, 0.2) is 18.2 Å². The summed E-state index contributed by atoms with van der Waals surface area (Å²) in [6.07, 6.45) is 1.09. The van der Waals surface area contributed by atoms with Gasteiger partial charge in [0, 0.05) is 29.4 Å². The quantitative estimate of drug-likeness (QED) is 0.898. The molecule has 0 radical (unpaired) electrons. The molecule has 1 aliphatic rings. The van der Waals surface area contributed by atoms with Gasteiger partial charge in [0.2, 0.25) is 0 Å². The van der Waals surface area contributed by atoms with Crippen LogP contribution < -0.4 is 10.2 Å². The lowest BCUT2D eigenvalue weighted by molar-refractivity contribution is 0.0929. The average Bonchev–Trinajstić information content (AvgIpc) is 2.46. The highest BCUT2D eigenvalue weighted by Crippen LogP contribution is 2.30. The Morgan fingerprint density at radius 1 is 1.42 bits per heavy atom. The van der Waals surface area contributed by atoms with Gasteiger partial charge in [-0.25, -0.2) is 0 Å². The maximum atomic E-state index is 6.38. The lowest BCUT2D eigenvalue weighted by atomic mass is 10.1. The van der Waals surface area contributed by atoms with E-state index in [9.17, 15) is 0 Å². The number of anilines is 1. The molecule has 3 nitrogen and oxygen atoms in total. The molecule has 4 heteroatoms. The van der Waals surface area contributed by atoms with E-state index in [2.05, 4.69) is 30.1 Å². The van der Waals surface area contributed by atoms with Crippen molar-refractivity contribution in [2.24, 2.45) is 0 Å². The molecular weight excluding hydrogens is 260 g/mol. The number of benzene rings is 1. The molecule has 2 rings (SSSR count). The second kappa shape index (κ2) is 7.13. The lowest BCUT2D eigenvalue weighted by Gasteiger charge is -2.38. The molecule has 106 valence electrons. The van der Waals surface area contributed by atoms with Crippen LogP contribution in [0.25, 0.3) is 0 Å². The molecule has 1 unspecified atom stereocenters. The van der Waals surface area contributed by atoms with Crippen LogP contribution in [-0.4, -0.2) is 32.3 Å². The monoisotopic (exact) mass is 282 g/mol. The highest BCUT2D eigenvalue weighted by Gasteiger charge is 2.24. The van der Waals surface area contributed by atoms with Crippen molar-refractivity contribution < 1.29 is 4.74 Å². The van der Waals surface area contributed by atoms with E-state index in [0.29, 0.717) is 6.04 Å². The summed E-state index contributed by atoms with van der Waals surface area (Å²) in [5, 5.41) is 4.22. The Kier molecular flexibility index (Phi) is 5.49. The highest BCUT2D eigenvalue weighted by molar-refractivity contribution is 6.31. The van der Waals surface area contributed by atoms with E-state index in [0.717, 1.165) is 44.3 Å². The van der Waals surface area contributed by atoms with Crippen LogP contribution >= 0.6 is 11.6 Å². The van der Waals surface area contributed by atoms with Gasteiger partial charge in [-0.2, -0.15) is 0 Å². The molecule has 1 fully saturated rings. The minimum absolute atomic E-state index is 0.451. The number of rotatable bonds is 5. The normalized spacial score (nSPS) is 19.7. The Morgan fingerprint density at radius 3 is 3.00 bits per heavy atom. The Labute approximate surface area is 120 Å². The van der Waals surface area contributed by atoms with Gasteiger partial charge in [-0.1, -0.05) is 31.5 Å². The topological polar surface area (TPSA) is 24.5 Å². The Bertz CT molecular complexity index is 411. The zero-order chi connectivity index (χ0) is 13.7.